The van der Waals surface area contributed by atoms with Crippen molar-refractivity contribution < 1.29 is 9.90 Å². The lowest BCUT2D eigenvalue weighted by molar-refractivity contribution is 0.0696. The lowest BCUT2D eigenvalue weighted by atomic mass is 10.1. The van der Waals surface area contributed by atoms with E-state index in [9.17, 15) is 14.7 Å². The standard InChI is InChI=1S/C28H23BrN4O3/c1-3-26-31-24-12-11-20(29)14-22(24)27(34)33(26)30-15-23-17(2)32(25-10-5-4-9-21(23)25)16-18-7-6-8-19(13-18)28(35)36/h4-15H,3,16H2,1-2H3,(H,35,36). The summed E-state index contributed by atoms with van der Waals surface area (Å²) >= 11 is 3.43. The number of carbonyl (C=O) groups is 1. The van der Waals surface area contributed by atoms with Gasteiger partial charge in [-0.1, -0.05) is 53.2 Å². The molecular formula is C28H23BrN4O3. The summed E-state index contributed by atoms with van der Waals surface area (Å²) in [6.45, 7) is 4.45. The van der Waals surface area contributed by atoms with E-state index >= 15 is 0 Å². The summed E-state index contributed by atoms with van der Waals surface area (Å²) < 4.78 is 4.31. The second-order valence-electron chi connectivity index (χ2n) is 8.51. The van der Waals surface area contributed by atoms with Crippen LogP contribution in [-0.4, -0.2) is 31.5 Å². The van der Waals surface area contributed by atoms with Crippen LogP contribution in [0.5, 0.6) is 0 Å². The van der Waals surface area contributed by atoms with Crippen molar-refractivity contribution in [1.29, 1.82) is 0 Å². The van der Waals surface area contributed by atoms with Gasteiger partial charge in [-0.2, -0.15) is 9.78 Å². The van der Waals surface area contributed by atoms with Crippen molar-refractivity contribution in [2.75, 3.05) is 0 Å². The van der Waals surface area contributed by atoms with Crippen LogP contribution in [0.3, 0.4) is 0 Å². The van der Waals surface area contributed by atoms with Gasteiger partial charge < -0.3 is 9.67 Å². The van der Waals surface area contributed by atoms with Crippen molar-refractivity contribution in [3.05, 3.63) is 110 Å². The van der Waals surface area contributed by atoms with Crippen LogP contribution in [0.1, 0.15) is 39.9 Å². The number of hydrogen-bond donors (Lipinski definition) is 1. The third kappa shape index (κ3) is 4.24. The van der Waals surface area contributed by atoms with Crippen LogP contribution >= 0.6 is 15.9 Å². The molecule has 5 rings (SSSR count). The summed E-state index contributed by atoms with van der Waals surface area (Å²) in [5, 5.41) is 15.5. The number of hydrogen-bond acceptors (Lipinski definition) is 4. The molecule has 0 radical (unpaired) electrons. The highest BCUT2D eigenvalue weighted by molar-refractivity contribution is 9.10. The van der Waals surface area contributed by atoms with Gasteiger partial charge in [0.15, 0.2) is 0 Å². The molecule has 0 bridgehead atoms. The van der Waals surface area contributed by atoms with Gasteiger partial charge in [-0.05, 0) is 48.9 Å². The zero-order valence-electron chi connectivity index (χ0n) is 19.8. The zero-order chi connectivity index (χ0) is 25.4. The minimum Gasteiger partial charge on any atom is -0.478 e. The van der Waals surface area contributed by atoms with Gasteiger partial charge in [0.2, 0.25) is 0 Å². The first-order valence-corrected chi connectivity index (χ1v) is 12.3. The summed E-state index contributed by atoms with van der Waals surface area (Å²) in [6, 6.07) is 20.4. The third-order valence-corrected chi connectivity index (χ3v) is 6.78. The van der Waals surface area contributed by atoms with Gasteiger partial charge in [0.1, 0.15) is 5.82 Å². The summed E-state index contributed by atoms with van der Waals surface area (Å²) in [6.07, 6.45) is 2.27. The van der Waals surface area contributed by atoms with E-state index < -0.39 is 5.97 Å². The Morgan fingerprint density at radius 1 is 1.08 bits per heavy atom. The second kappa shape index (κ2) is 9.54. The fraction of sp³-hybridized carbons (Fsp3) is 0.143. The van der Waals surface area contributed by atoms with Gasteiger partial charge in [0.05, 0.1) is 22.7 Å². The molecule has 5 aromatic rings. The number of aryl methyl sites for hydroxylation is 1. The van der Waals surface area contributed by atoms with Crippen LogP contribution in [-0.2, 0) is 13.0 Å². The molecule has 0 aliphatic heterocycles. The van der Waals surface area contributed by atoms with Gasteiger partial charge >= 0.3 is 5.97 Å². The lowest BCUT2D eigenvalue weighted by Crippen LogP contribution is -2.22. The first kappa shape index (κ1) is 23.7. The number of carboxylic acids is 1. The van der Waals surface area contributed by atoms with Crippen LogP contribution in [0, 0.1) is 6.92 Å². The number of aromatic nitrogens is 3. The summed E-state index contributed by atoms with van der Waals surface area (Å²) in [5.41, 5.74) is 4.41. The molecule has 0 amide bonds. The second-order valence-corrected chi connectivity index (χ2v) is 9.43. The molecule has 0 aliphatic carbocycles. The van der Waals surface area contributed by atoms with E-state index in [1.54, 1.807) is 30.5 Å². The molecule has 0 spiro atoms. The predicted octanol–water partition coefficient (Wildman–Crippen LogP) is 5.61. The Balaban J connectivity index is 1.63. The Kier molecular flexibility index (Phi) is 6.28. The maximum Gasteiger partial charge on any atom is 0.335 e. The third-order valence-electron chi connectivity index (χ3n) is 6.29. The molecule has 2 heterocycles. The SMILES string of the molecule is CCc1nc2ccc(Br)cc2c(=O)n1N=Cc1c(C)n(Cc2cccc(C(=O)O)c2)c2ccccc12. The molecule has 0 fully saturated rings. The number of halogens is 1. The van der Waals surface area contributed by atoms with Crippen molar-refractivity contribution >= 4 is 49.9 Å². The van der Waals surface area contributed by atoms with E-state index in [0.717, 1.165) is 32.2 Å². The molecule has 1 N–H and O–H groups in total. The molecule has 2 aromatic heterocycles. The minimum atomic E-state index is -0.952. The van der Waals surface area contributed by atoms with Crippen LogP contribution in [0.25, 0.3) is 21.8 Å². The fourth-order valence-corrected chi connectivity index (χ4v) is 4.83. The Labute approximate surface area is 215 Å². The molecule has 7 nitrogen and oxygen atoms in total. The fourth-order valence-electron chi connectivity index (χ4n) is 4.47. The van der Waals surface area contributed by atoms with Crippen LogP contribution in [0.4, 0.5) is 0 Å². The minimum absolute atomic E-state index is 0.221. The number of para-hydroxylation sites is 1. The number of fused-ring (bicyclic) bond motifs is 2. The maximum absolute atomic E-state index is 13.3. The lowest BCUT2D eigenvalue weighted by Gasteiger charge is -2.10. The molecule has 180 valence electrons. The van der Waals surface area contributed by atoms with Crippen molar-refractivity contribution in [2.24, 2.45) is 5.10 Å². The Bertz CT molecular complexity index is 1730. The molecule has 36 heavy (non-hydrogen) atoms. The van der Waals surface area contributed by atoms with Crippen LogP contribution < -0.4 is 5.56 Å². The van der Waals surface area contributed by atoms with Gasteiger partial charge in [0.25, 0.3) is 5.56 Å². The summed E-state index contributed by atoms with van der Waals surface area (Å²) in [5.74, 6) is -0.370. The Hall–Kier alpha value is -4.04. The molecule has 0 saturated heterocycles. The topological polar surface area (TPSA) is 89.5 Å². The number of rotatable bonds is 6. The first-order valence-electron chi connectivity index (χ1n) is 11.5. The summed E-state index contributed by atoms with van der Waals surface area (Å²) in [7, 11) is 0. The molecule has 3 aromatic carbocycles. The predicted molar refractivity (Wildman–Crippen MR) is 145 cm³/mol. The average Bonchev–Trinajstić information content (AvgIpc) is 3.14. The van der Waals surface area contributed by atoms with Gasteiger partial charge in [-0.15, -0.1) is 0 Å². The number of nitrogens with zero attached hydrogens (tertiary/aromatic N) is 4. The molecule has 0 atom stereocenters. The largest absolute Gasteiger partial charge is 0.478 e. The average molecular weight is 543 g/mol. The van der Waals surface area contributed by atoms with Crippen molar-refractivity contribution in [1.82, 2.24) is 14.2 Å². The van der Waals surface area contributed by atoms with Gasteiger partial charge in [-0.3, -0.25) is 4.79 Å². The molecule has 0 saturated carbocycles. The first-order chi connectivity index (χ1) is 17.4. The number of carboxylic acid groups (broad SMARTS) is 1. The van der Waals surface area contributed by atoms with E-state index in [0.29, 0.717) is 29.7 Å². The van der Waals surface area contributed by atoms with Crippen molar-refractivity contribution in [2.45, 2.75) is 26.8 Å². The highest BCUT2D eigenvalue weighted by Gasteiger charge is 2.15. The van der Waals surface area contributed by atoms with E-state index in [1.165, 1.54) is 4.68 Å². The number of benzene rings is 3. The maximum atomic E-state index is 13.3. The van der Waals surface area contributed by atoms with E-state index in [1.807, 2.05) is 56.3 Å². The molecule has 0 aliphatic rings. The van der Waals surface area contributed by atoms with Crippen LogP contribution in [0.15, 0.2) is 81.1 Å². The van der Waals surface area contributed by atoms with Gasteiger partial charge in [-0.25, -0.2) is 9.78 Å². The van der Waals surface area contributed by atoms with Crippen LogP contribution in [0.2, 0.25) is 0 Å². The van der Waals surface area contributed by atoms with Gasteiger partial charge in [0, 0.05) is 39.6 Å². The highest BCUT2D eigenvalue weighted by atomic mass is 79.9. The monoisotopic (exact) mass is 542 g/mol. The normalized spacial score (nSPS) is 11.6. The zero-order valence-corrected chi connectivity index (χ0v) is 21.4. The molecule has 8 heteroatoms. The summed E-state index contributed by atoms with van der Waals surface area (Å²) in [4.78, 5) is 29.4. The van der Waals surface area contributed by atoms with Crippen molar-refractivity contribution in [3.63, 3.8) is 0 Å². The Morgan fingerprint density at radius 2 is 1.89 bits per heavy atom. The quantitative estimate of drug-likeness (QED) is 0.282. The smallest absolute Gasteiger partial charge is 0.335 e. The van der Waals surface area contributed by atoms with E-state index in [2.05, 4.69) is 30.6 Å². The highest BCUT2D eigenvalue weighted by Crippen LogP contribution is 2.26. The van der Waals surface area contributed by atoms with E-state index in [4.69, 9.17) is 0 Å². The van der Waals surface area contributed by atoms with E-state index in [-0.39, 0.29) is 11.1 Å². The molecular weight excluding hydrogens is 520 g/mol. The Morgan fingerprint density at radius 3 is 2.67 bits per heavy atom. The number of aromatic carboxylic acids is 1. The molecule has 0 unspecified atom stereocenters. The van der Waals surface area contributed by atoms with Crippen molar-refractivity contribution in [3.8, 4) is 0 Å².